The normalized spacial score (nSPS) is 13.1. The Bertz CT molecular complexity index is 460. The second kappa shape index (κ2) is 6.02. The van der Waals surface area contributed by atoms with Crippen LogP contribution >= 0.6 is 0 Å². The number of halogens is 1. The predicted octanol–water partition coefficient (Wildman–Crippen LogP) is 3.14. The molecule has 0 saturated heterocycles. The van der Waals surface area contributed by atoms with Crippen molar-refractivity contribution >= 4 is 11.7 Å². The SMILES string of the molecule is COC(C)(C)CC(C)Nc1ccc(F)c(C(=O)O)c1. The summed E-state index contributed by atoms with van der Waals surface area (Å²) in [4.78, 5) is 10.8. The van der Waals surface area contributed by atoms with E-state index < -0.39 is 11.8 Å². The highest BCUT2D eigenvalue weighted by atomic mass is 19.1. The smallest absolute Gasteiger partial charge is 0.338 e. The molecule has 4 nitrogen and oxygen atoms in total. The first-order valence-corrected chi connectivity index (χ1v) is 6.09. The zero-order chi connectivity index (χ0) is 14.6. The number of rotatable bonds is 6. The van der Waals surface area contributed by atoms with E-state index in [1.54, 1.807) is 7.11 Å². The van der Waals surface area contributed by atoms with Gasteiger partial charge in [-0.1, -0.05) is 0 Å². The Balaban J connectivity index is 2.77. The van der Waals surface area contributed by atoms with Crippen molar-refractivity contribution in [1.82, 2.24) is 0 Å². The van der Waals surface area contributed by atoms with Gasteiger partial charge < -0.3 is 15.2 Å². The molecular formula is C14H20FNO3. The molecule has 0 radical (unpaired) electrons. The maximum Gasteiger partial charge on any atom is 0.338 e. The van der Waals surface area contributed by atoms with Gasteiger partial charge >= 0.3 is 5.97 Å². The highest BCUT2D eigenvalue weighted by Gasteiger charge is 2.20. The lowest BCUT2D eigenvalue weighted by molar-refractivity contribution is 0.0128. The first-order chi connectivity index (χ1) is 8.75. The summed E-state index contributed by atoms with van der Waals surface area (Å²) in [6.45, 7) is 5.90. The van der Waals surface area contributed by atoms with Crippen LogP contribution in [0, 0.1) is 5.82 Å². The van der Waals surface area contributed by atoms with Crippen molar-refractivity contribution < 1.29 is 19.0 Å². The minimum absolute atomic E-state index is 0.0713. The van der Waals surface area contributed by atoms with Crippen LogP contribution in [0.25, 0.3) is 0 Å². The van der Waals surface area contributed by atoms with Crippen molar-refractivity contribution in [2.24, 2.45) is 0 Å². The van der Waals surface area contributed by atoms with Gasteiger partial charge in [-0.3, -0.25) is 0 Å². The molecule has 0 bridgehead atoms. The zero-order valence-electron chi connectivity index (χ0n) is 11.7. The number of benzene rings is 1. The van der Waals surface area contributed by atoms with Crippen LogP contribution in [0.4, 0.5) is 10.1 Å². The van der Waals surface area contributed by atoms with Gasteiger partial charge in [-0.05, 0) is 45.4 Å². The van der Waals surface area contributed by atoms with Gasteiger partial charge in [0.05, 0.1) is 11.2 Å². The third-order valence-electron chi connectivity index (χ3n) is 2.96. The molecule has 0 heterocycles. The van der Waals surface area contributed by atoms with Gasteiger partial charge in [0.25, 0.3) is 0 Å². The molecule has 1 unspecified atom stereocenters. The molecule has 0 amide bonds. The topological polar surface area (TPSA) is 58.6 Å². The number of hydrogen-bond acceptors (Lipinski definition) is 3. The number of aromatic carboxylic acids is 1. The van der Waals surface area contributed by atoms with E-state index in [4.69, 9.17) is 9.84 Å². The molecule has 0 spiro atoms. The van der Waals surface area contributed by atoms with Crippen LogP contribution in [0.5, 0.6) is 0 Å². The molecule has 1 rings (SSSR count). The molecule has 0 aliphatic heterocycles. The quantitative estimate of drug-likeness (QED) is 0.833. The van der Waals surface area contributed by atoms with Crippen molar-refractivity contribution in [3.63, 3.8) is 0 Å². The Hall–Kier alpha value is -1.62. The summed E-state index contributed by atoms with van der Waals surface area (Å²) in [5, 5.41) is 12.0. The van der Waals surface area contributed by atoms with Crippen LogP contribution in [0.2, 0.25) is 0 Å². The number of anilines is 1. The maximum absolute atomic E-state index is 13.3. The second-order valence-electron chi connectivity index (χ2n) is 5.21. The van der Waals surface area contributed by atoms with Crippen LogP contribution in [0.15, 0.2) is 18.2 Å². The van der Waals surface area contributed by atoms with Gasteiger partial charge in [-0.15, -0.1) is 0 Å². The molecule has 0 aliphatic rings. The van der Waals surface area contributed by atoms with Crippen LogP contribution in [-0.4, -0.2) is 29.8 Å². The van der Waals surface area contributed by atoms with Gasteiger partial charge in [-0.25, -0.2) is 9.18 Å². The molecule has 0 aromatic heterocycles. The van der Waals surface area contributed by atoms with Gasteiger partial charge in [0, 0.05) is 18.8 Å². The van der Waals surface area contributed by atoms with Crippen molar-refractivity contribution in [2.45, 2.75) is 38.8 Å². The number of carboxylic acids is 1. The molecule has 0 fully saturated rings. The molecule has 2 N–H and O–H groups in total. The van der Waals surface area contributed by atoms with E-state index in [1.165, 1.54) is 12.1 Å². The van der Waals surface area contributed by atoms with Gasteiger partial charge in [0.2, 0.25) is 0 Å². The van der Waals surface area contributed by atoms with Crippen molar-refractivity contribution in [3.05, 3.63) is 29.6 Å². The minimum Gasteiger partial charge on any atom is -0.478 e. The van der Waals surface area contributed by atoms with Gasteiger partial charge in [0.1, 0.15) is 5.82 Å². The Kier molecular flexibility index (Phi) is 4.89. The van der Waals surface area contributed by atoms with Crippen molar-refractivity contribution in [1.29, 1.82) is 0 Å². The van der Waals surface area contributed by atoms with Crippen LogP contribution in [0.1, 0.15) is 37.6 Å². The van der Waals surface area contributed by atoms with E-state index in [-0.39, 0.29) is 17.2 Å². The molecule has 106 valence electrons. The van der Waals surface area contributed by atoms with E-state index in [9.17, 15) is 9.18 Å². The average Bonchev–Trinajstić information content (AvgIpc) is 2.30. The fraction of sp³-hybridized carbons (Fsp3) is 0.500. The van der Waals surface area contributed by atoms with E-state index in [1.807, 2.05) is 20.8 Å². The number of carbonyl (C=O) groups is 1. The summed E-state index contributed by atoms with van der Waals surface area (Å²) in [7, 11) is 1.65. The monoisotopic (exact) mass is 269 g/mol. The summed E-state index contributed by atoms with van der Waals surface area (Å²) >= 11 is 0. The summed E-state index contributed by atoms with van der Waals surface area (Å²) < 4.78 is 18.6. The van der Waals surface area contributed by atoms with Crippen LogP contribution in [0.3, 0.4) is 0 Å². The molecular weight excluding hydrogens is 249 g/mol. The van der Waals surface area contributed by atoms with E-state index in [0.717, 1.165) is 12.5 Å². The number of ether oxygens (including phenoxy) is 1. The fourth-order valence-corrected chi connectivity index (χ4v) is 1.94. The van der Waals surface area contributed by atoms with E-state index in [2.05, 4.69) is 5.32 Å². The number of carboxylic acid groups (broad SMARTS) is 1. The molecule has 1 atom stereocenters. The summed E-state index contributed by atoms with van der Waals surface area (Å²) in [5.74, 6) is -2.01. The summed E-state index contributed by atoms with van der Waals surface area (Å²) in [6, 6.07) is 4.05. The minimum atomic E-state index is -1.27. The van der Waals surface area contributed by atoms with Gasteiger partial charge in [-0.2, -0.15) is 0 Å². The Morgan fingerprint density at radius 2 is 2.16 bits per heavy atom. The summed E-state index contributed by atoms with van der Waals surface area (Å²) in [5.41, 5.74) is -0.0244. The lowest BCUT2D eigenvalue weighted by atomic mass is 9.99. The first kappa shape index (κ1) is 15.4. The molecule has 1 aromatic rings. The molecule has 0 saturated carbocycles. The lowest BCUT2D eigenvalue weighted by Crippen LogP contribution is -2.31. The number of methoxy groups -OCH3 is 1. The van der Waals surface area contributed by atoms with Crippen LogP contribution < -0.4 is 5.32 Å². The lowest BCUT2D eigenvalue weighted by Gasteiger charge is -2.27. The second-order valence-corrected chi connectivity index (χ2v) is 5.21. The predicted molar refractivity (Wildman–Crippen MR) is 72.1 cm³/mol. The largest absolute Gasteiger partial charge is 0.478 e. The average molecular weight is 269 g/mol. The first-order valence-electron chi connectivity index (χ1n) is 6.09. The number of hydrogen-bond donors (Lipinski definition) is 2. The molecule has 19 heavy (non-hydrogen) atoms. The Morgan fingerprint density at radius 1 is 1.53 bits per heavy atom. The maximum atomic E-state index is 13.3. The highest BCUT2D eigenvalue weighted by Crippen LogP contribution is 2.20. The zero-order valence-corrected chi connectivity index (χ0v) is 11.7. The van der Waals surface area contributed by atoms with Crippen LogP contribution in [-0.2, 0) is 4.74 Å². The molecule has 5 heteroatoms. The molecule has 0 aliphatic carbocycles. The summed E-state index contributed by atoms with van der Waals surface area (Å²) in [6.07, 6.45) is 0.739. The van der Waals surface area contributed by atoms with E-state index in [0.29, 0.717) is 5.69 Å². The van der Waals surface area contributed by atoms with Gasteiger partial charge in [0.15, 0.2) is 0 Å². The third-order valence-corrected chi connectivity index (χ3v) is 2.96. The van der Waals surface area contributed by atoms with Crippen molar-refractivity contribution in [3.8, 4) is 0 Å². The standard InChI is InChI=1S/C14H20FNO3/c1-9(8-14(2,3)19-4)16-10-5-6-12(15)11(7-10)13(17)18/h5-7,9,16H,8H2,1-4H3,(H,17,18). The third kappa shape index (κ3) is 4.52. The Morgan fingerprint density at radius 3 is 2.68 bits per heavy atom. The highest BCUT2D eigenvalue weighted by molar-refractivity contribution is 5.89. The molecule has 1 aromatic carbocycles. The number of nitrogens with one attached hydrogen (secondary N) is 1. The Labute approximate surface area is 112 Å². The fourth-order valence-electron chi connectivity index (χ4n) is 1.94. The van der Waals surface area contributed by atoms with Crippen molar-refractivity contribution in [2.75, 3.05) is 12.4 Å². The van der Waals surface area contributed by atoms with E-state index >= 15 is 0 Å².